The summed E-state index contributed by atoms with van der Waals surface area (Å²) in [5, 5.41) is 0. The van der Waals surface area contributed by atoms with Crippen molar-refractivity contribution in [2.45, 2.75) is 58.3 Å². The molecule has 0 radical (unpaired) electrons. The van der Waals surface area contributed by atoms with Crippen LogP contribution in [0.3, 0.4) is 0 Å². The number of carbonyl (C=O) groups is 1. The normalized spacial score (nSPS) is 12.5. The van der Waals surface area contributed by atoms with Crippen molar-refractivity contribution < 1.29 is 9.53 Å². The second-order valence-electron chi connectivity index (χ2n) is 4.21. The number of hydrogen-bond donors (Lipinski definition) is 1. The van der Waals surface area contributed by atoms with E-state index in [4.69, 9.17) is 10.5 Å². The van der Waals surface area contributed by atoms with E-state index in [0.29, 0.717) is 13.0 Å². The van der Waals surface area contributed by atoms with E-state index in [9.17, 15) is 4.79 Å². The summed E-state index contributed by atoms with van der Waals surface area (Å²) in [6, 6.07) is 2.91. The second-order valence-corrected chi connectivity index (χ2v) is 9.14. The molecule has 4 heteroatoms. The fourth-order valence-corrected chi connectivity index (χ4v) is 4.20. The fraction of sp³-hybridized carbons (Fsp3) is 0.769. The summed E-state index contributed by atoms with van der Waals surface area (Å²) in [5.41, 5.74) is 9.11. The van der Waals surface area contributed by atoms with Crippen LogP contribution in [0.2, 0.25) is 18.1 Å². The molecule has 98 valence electrons. The van der Waals surface area contributed by atoms with Gasteiger partial charge in [0.05, 0.1) is 6.61 Å². The standard InChI is InChI=1S/C13H25NO2Si/c1-5-16-13(15)12(14)10-9-11-17(6-2,7-3)8-4/h12H,5-8,10,14H2,1-4H3/t12-/m1/s1. The van der Waals surface area contributed by atoms with Gasteiger partial charge in [-0.3, -0.25) is 4.79 Å². The Morgan fingerprint density at radius 2 is 1.76 bits per heavy atom. The van der Waals surface area contributed by atoms with Gasteiger partial charge in [0.15, 0.2) is 0 Å². The minimum atomic E-state index is -1.41. The summed E-state index contributed by atoms with van der Waals surface area (Å²) < 4.78 is 4.84. The lowest BCUT2D eigenvalue weighted by atomic mass is 10.2. The first-order valence-corrected chi connectivity index (χ1v) is 9.09. The van der Waals surface area contributed by atoms with Crippen molar-refractivity contribution >= 4 is 14.0 Å². The number of rotatable bonds is 6. The second kappa shape index (κ2) is 8.32. The van der Waals surface area contributed by atoms with Crippen molar-refractivity contribution in [3.63, 3.8) is 0 Å². The van der Waals surface area contributed by atoms with Gasteiger partial charge < -0.3 is 10.5 Å². The van der Waals surface area contributed by atoms with Crippen molar-refractivity contribution in [1.29, 1.82) is 0 Å². The van der Waals surface area contributed by atoms with E-state index in [1.165, 1.54) is 18.1 Å². The zero-order chi connectivity index (χ0) is 13.3. The van der Waals surface area contributed by atoms with Crippen molar-refractivity contribution in [3.8, 4) is 11.5 Å². The van der Waals surface area contributed by atoms with Gasteiger partial charge in [0.1, 0.15) is 14.1 Å². The summed E-state index contributed by atoms with van der Waals surface area (Å²) in [7, 11) is -1.41. The molecular formula is C13H25NO2Si. The lowest BCUT2D eigenvalue weighted by molar-refractivity contribution is -0.144. The Morgan fingerprint density at radius 3 is 2.18 bits per heavy atom. The molecule has 0 aromatic heterocycles. The molecule has 0 saturated heterocycles. The van der Waals surface area contributed by atoms with E-state index in [2.05, 4.69) is 32.2 Å². The average molecular weight is 255 g/mol. The van der Waals surface area contributed by atoms with Crippen LogP contribution in [0.4, 0.5) is 0 Å². The first kappa shape index (κ1) is 16.2. The zero-order valence-electron chi connectivity index (χ0n) is 11.5. The van der Waals surface area contributed by atoms with Crippen LogP contribution in [-0.2, 0) is 9.53 Å². The fourth-order valence-electron chi connectivity index (χ4n) is 1.70. The van der Waals surface area contributed by atoms with Crippen LogP contribution in [0.5, 0.6) is 0 Å². The molecule has 0 aliphatic rings. The molecule has 0 spiro atoms. The minimum absolute atomic E-state index is 0.349. The summed E-state index contributed by atoms with van der Waals surface area (Å²) >= 11 is 0. The molecule has 1 atom stereocenters. The highest BCUT2D eigenvalue weighted by Crippen LogP contribution is 2.18. The largest absolute Gasteiger partial charge is 0.465 e. The van der Waals surface area contributed by atoms with E-state index >= 15 is 0 Å². The summed E-state index contributed by atoms with van der Waals surface area (Å²) in [5.74, 6) is 2.76. The first-order valence-electron chi connectivity index (χ1n) is 6.47. The van der Waals surface area contributed by atoms with E-state index in [0.717, 1.165) is 0 Å². The number of carbonyl (C=O) groups excluding carboxylic acids is 1. The Labute approximate surface area is 106 Å². The van der Waals surface area contributed by atoms with Crippen molar-refractivity contribution in [3.05, 3.63) is 0 Å². The van der Waals surface area contributed by atoms with Gasteiger partial charge in [0.25, 0.3) is 0 Å². The number of esters is 1. The van der Waals surface area contributed by atoms with Crippen LogP contribution in [0.15, 0.2) is 0 Å². The Kier molecular flexibility index (Phi) is 7.93. The smallest absolute Gasteiger partial charge is 0.323 e. The maximum absolute atomic E-state index is 11.3. The molecule has 0 aliphatic carbocycles. The Balaban J connectivity index is 4.40. The predicted molar refractivity (Wildman–Crippen MR) is 74.2 cm³/mol. The topological polar surface area (TPSA) is 52.3 Å². The molecule has 0 heterocycles. The van der Waals surface area contributed by atoms with E-state index in [1.807, 2.05) is 0 Å². The third-order valence-corrected chi connectivity index (χ3v) is 8.06. The lowest BCUT2D eigenvalue weighted by Gasteiger charge is -2.20. The molecule has 17 heavy (non-hydrogen) atoms. The molecule has 0 aromatic carbocycles. The number of hydrogen-bond acceptors (Lipinski definition) is 3. The summed E-state index contributed by atoms with van der Waals surface area (Å²) in [6.45, 7) is 8.77. The van der Waals surface area contributed by atoms with Crippen LogP contribution >= 0.6 is 0 Å². The molecule has 0 rings (SSSR count). The maximum Gasteiger partial charge on any atom is 0.323 e. The lowest BCUT2D eigenvalue weighted by Crippen LogP contribution is -2.33. The third-order valence-electron chi connectivity index (χ3n) is 3.30. The highest BCUT2D eigenvalue weighted by Gasteiger charge is 2.24. The maximum atomic E-state index is 11.3. The van der Waals surface area contributed by atoms with Gasteiger partial charge >= 0.3 is 5.97 Å². The van der Waals surface area contributed by atoms with Crippen molar-refractivity contribution in [2.24, 2.45) is 5.73 Å². The van der Waals surface area contributed by atoms with Gasteiger partial charge in [-0.25, -0.2) is 0 Å². The van der Waals surface area contributed by atoms with Gasteiger partial charge in [-0.2, -0.15) is 0 Å². The average Bonchev–Trinajstić information content (AvgIpc) is 2.35. The molecule has 2 N–H and O–H groups in total. The monoisotopic (exact) mass is 255 g/mol. The molecule has 0 aliphatic heterocycles. The zero-order valence-corrected chi connectivity index (χ0v) is 12.5. The van der Waals surface area contributed by atoms with Crippen LogP contribution in [0.1, 0.15) is 34.1 Å². The van der Waals surface area contributed by atoms with Crippen LogP contribution < -0.4 is 5.73 Å². The van der Waals surface area contributed by atoms with E-state index < -0.39 is 14.1 Å². The number of ether oxygens (including phenoxy) is 1. The molecule has 0 bridgehead atoms. The Hall–Kier alpha value is -0.793. The summed E-state index contributed by atoms with van der Waals surface area (Å²) in [6.07, 6.45) is 0.410. The molecule has 3 nitrogen and oxygen atoms in total. The van der Waals surface area contributed by atoms with E-state index in [-0.39, 0.29) is 5.97 Å². The van der Waals surface area contributed by atoms with Crippen LogP contribution in [-0.4, -0.2) is 26.7 Å². The number of nitrogens with two attached hydrogens (primary N) is 1. The predicted octanol–water partition coefficient (Wildman–Crippen LogP) is 2.32. The van der Waals surface area contributed by atoms with Gasteiger partial charge in [-0.1, -0.05) is 20.8 Å². The van der Waals surface area contributed by atoms with Crippen molar-refractivity contribution in [2.75, 3.05) is 6.61 Å². The SMILES string of the molecule is CCOC(=O)[C@H](N)CC#C[Si](CC)(CC)CC. The molecule has 0 saturated carbocycles. The van der Waals surface area contributed by atoms with Gasteiger partial charge in [0, 0.05) is 6.42 Å². The quantitative estimate of drug-likeness (QED) is 0.450. The van der Waals surface area contributed by atoms with E-state index in [1.54, 1.807) is 6.92 Å². The van der Waals surface area contributed by atoms with Crippen molar-refractivity contribution in [1.82, 2.24) is 0 Å². The molecular weight excluding hydrogens is 230 g/mol. The van der Waals surface area contributed by atoms with Gasteiger partial charge in [-0.05, 0) is 25.1 Å². The Morgan fingerprint density at radius 1 is 1.24 bits per heavy atom. The molecule has 0 unspecified atom stereocenters. The first-order chi connectivity index (χ1) is 8.05. The van der Waals surface area contributed by atoms with Gasteiger partial charge in [-0.15, -0.1) is 11.5 Å². The minimum Gasteiger partial charge on any atom is -0.465 e. The molecule has 0 aromatic rings. The molecule has 0 amide bonds. The van der Waals surface area contributed by atoms with Gasteiger partial charge in [0.2, 0.25) is 0 Å². The third kappa shape index (κ3) is 5.38. The highest BCUT2D eigenvalue weighted by atomic mass is 28.3. The molecule has 0 fully saturated rings. The summed E-state index contributed by atoms with van der Waals surface area (Å²) in [4.78, 5) is 11.3. The van der Waals surface area contributed by atoms with Crippen LogP contribution in [0.25, 0.3) is 0 Å². The van der Waals surface area contributed by atoms with Crippen LogP contribution in [0, 0.1) is 11.5 Å². The Bertz CT molecular complexity index is 281. The highest BCUT2D eigenvalue weighted by molar-refractivity contribution is 6.87.